The van der Waals surface area contributed by atoms with Crippen LogP contribution in [-0.4, -0.2) is 31.0 Å². The Kier molecular flexibility index (Phi) is 2.58. The smallest absolute Gasteiger partial charge is 0.0589 e. The molecule has 2 rings (SSSR count). The second-order valence-electron chi connectivity index (χ2n) is 4.50. The number of nitrogens with two attached hydrogens (primary N) is 1. The SMILES string of the molecule is NC(CO)C1(C2CCCC2)COC1. The fourth-order valence-electron chi connectivity index (χ4n) is 2.77. The van der Waals surface area contributed by atoms with Crippen molar-refractivity contribution in [1.29, 1.82) is 0 Å². The highest BCUT2D eigenvalue weighted by atomic mass is 16.5. The van der Waals surface area contributed by atoms with Gasteiger partial charge in [-0.1, -0.05) is 12.8 Å². The average Bonchev–Trinajstić information content (AvgIpc) is 2.55. The van der Waals surface area contributed by atoms with Crippen LogP contribution in [0.15, 0.2) is 0 Å². The van der Waals surface area contributed by atoms with Crippen LogP contribution in [0.2, 0.25) is 0 Å². The number of aliphatic hydroxyl groups excluding tert-OH is 1. The number of hydrogen-bond donors (Lipinski definition) is 2. The predicted octanol–water partition coefficient (Wildman–Crippen LogP) is 0.513. The second-order valence-corrected chi connectivity index (χ2v) is 4.50. The van der Waals surface area contributed by atoms with Crippen LogP contribution in [0.1, 0.15) is 25.7 Å². The second kappa shape index (κ2) is 3.56. The Morgan fingerprint density at radius 3 is 2.38 bits per heavy atom. The summed E-state index contributed by atoms with van der Waals surface area (Å²) in [6.45, 7) is 1.62. The van der Waals surface area contributed by atoms with Crippen LogP contribution in [0.4, 0.5) is 0 Å². The molecule has 0 aromatic heterocycles. The molecule has 0 spiro atoms. The van der Waals surface area contributed by atoms with Gasteiger partial charge in [-0.2, -0.15) is 0 Å². The first-order chi connectivity index (χ1) is 6.29. The lowest BCUT2D eigenvalue weighted by Crippen LogP contribution is -2.60. The molecule has 0 amide bonds. The van der Waals surface area contributed by atoms with Gasteiger partial charge in [-0.15, -0.1) is 0 Å². The van der Waals surface area contributed by atoms with Crippen LogP contribution >= 0.6 is 0 Å². The van der Waals surface area contributed by atoms with Gasteiger partial charge in [0.05, 0.1) is 19.8 Å². The zero-order valence-electron chi connectivity index (χ0n) is 8.04. The van der Waals surface area contributed by atoms with Gasteiger partial charge in [-0.05, 0) is 18.8 Å². The van der Waals surface area contributed by atoms with Gasteiger partial charge in [0.15, 0.2) is 0 Å². The maximum Gasteiger partial charge on any atom is 0.0589 e. The molecule has 3 nitrogen and oxygen atoms in total. The van der Waals surface area contributed by atoms with Crippen LogP contribution in [0, 0.1) is 11.3 Å². The van der Waals surface area contributed by atoms with Gasteiger partial charge in [0.25, 0.3) is 0 Å². The summed E-state index contributed by atoms with van der Waals surface area (Å²) in [5.74, 6) is 0.698. The van der Waals surface area contributed by atoms with E-state index in [1.54, 1.807) is 0 Å². The molecule has 2 aliphatic rings. The van der Waals surface area contributed by atoms with Crippen molar-refractivity contribution in [3.05, 3.63) is 0 Å². The molecule has 3 N–H and O–H groups in total. The van der Waals surface area contributed by atoms with E-state index in [0.29, 0.717) is 5.92 Å². The monoisotopic (exact) mass is 185 g/mol. The summed E-state index contributed by atoms with van der Waals surface area (Å²) >= 11 is 0. The van der Waals surface area contributed by atoms with E-state index in [1.165, 1.54) is 25.7 Å². The topological polar surface area (TPSA) is 55.5 Å². The molecule has 0 aromatic carbocycles. The molecule has 3 heteroatoms. The van der Waals surface area contributed by atoms with Crippen LogP contribution in [0.5, 0.6) is 0 Å². The van der Waals surface area contributed by atoms with E-state index < -0.39 is 0 Å². The third kappa shape index (κ3) is 1.39. The number of aliphatic hydroxyl groups is 1. The van der Waals surface area contributed by atoms with E-state index in [0.717, 1.165) is 13.2 Å². The summed E-state index contributed by atoms with van der Waals surface area (Å²) in [4.78, 5) is 0. The van der Waals surface area contributed by atoms with Crippen molar-refractivity contribution in [2.45, 2.75) is 31.7 Å². The first kappa shape index (κ1) is 9.44. The predicted molar refractivity (Wildman–Crippen MR) is 50.3 cm³/mol. The minimum Gasteiger partial charge on any atom is -0.395 e. The summed E-state index contributed by atoms with van der Waals surface area (Å²) in [6.07, 6.45) is 5.20. The normalized spacial score (nSPS) is 30.0. The van der Waals surface area contributed by atoms with Crippen molar-refractivity contribution < 1.29 is 9.84 Å². The van der Waals surface area contributed by atoms with Gasteiger partial charge in [0.2, 0.25) is 0 Å². The molecule has 1 unspecified atom stereocenters. The van der Waals surface area contributed by atoms with E-state index in [4.69, 9.17) is 15.6 Å². The van der Waals surface area contributed by atoms with Gasteiger partial charge in [-0.3, -0.25) is 0 Å². The molecular formula is C10H19NO2. The third-order valence-corrected chi connectivity index (χ3v) is 3.84. The summed E-state index contributed by atoms with van der Waals surface area (Å²) in [6, 6.07) is -0.0793. The molecular weight excluding hydrogens is 166 g/mol. The van der Waals surface area contributed by atoms with Crippen LogP contribution in [0.25, 0.3) is 0 Å². The number of rotatable bonds is 3. The summed E-state index contributed by atoms with van der Waals surface area (Å²) in [5.41, 5.74) is 6.08. The molecule has 1 atom stereocenters. The summed E-state index contributed by atoms with van der Waals surface area (Å²) < 4.78 is 5.28. The molecule has 1 aliphatic heterocycles. The zero-order chi connectivity index (χ0) is 9.31. The Labute approximate surface area is 79.3 Å². The Balaban J connectivity index is 2.05. The molecule has 1 heterocycles. The highest BCUT2D eigenvalue weighted by molar-refractivity contribution is 5.00. The largest absolute Gasteiger partial charge is 0.395 e. The highest BCUT2D eigenvalue weighted by Gasteiger charge is 2.50. The fraction of sp³-hybridized carbons (Fsp3) is 1.00. The van der Waals surface area contributed by atoms with Crippen LogP contribution in [0.3, 0.4) is 0 Å². The molecule has 1 saturated carbocycles. The molecule has 13 heavy (non-hydrogen) atoms. The van der Waals surface area contributed by atoms with Gasteiger partial charge < -0.3 is 15.6 Å². The Bertz CT molecular complexity index is 174. The first-order valence-electron chi connectivity index (χ1n) is 5.24. The minimum atomic E-state index is -0.0793. The van der Waals surface area contributed by atoms with Crippen molar-refractivity contribution in [2.24, 2.45) is 17.1 Å². The Morgan fingerprint density at radius 1 is 1.38 bits per heavy atom. The summed E-state index contributed by atoms with van der Waals surface area (Å²) in [7, 11) is 0. The van der Waals surface area contributed by atoms with Gasteiger partial charge >= 0.3 is 0 Å². The Morgan fingerprint density at radius 2 is 2.00 bits per heavy atom. The standard InChI is InChI=1S/C10H19NO2/c11-9(5-12)10(6-13-7-10)8-3-1-2-4-8/h8-9,12H,1-7,11H2. The molecule has 76 valence electrons. The molecule has 2 fully saturated rings. The van der Waals surface area contributed by atoms with Crippen molar-refractivity contribution in [3.63, 3.8) is 0 Å². The molecule has 1 aliphatic carbocycles. The lowest BCUT2D eigenvalue weighted by molar-refractivity contribution is -0.163. The van der Waals surface area contributed by atoms with Crippen molar-refractivity contribution in [1.82, 2.24) is 0 Å². The van der Waals surface area contributed by atoms with E-state index in [2.05, 4.69) is 0 Å². The maximum absolute atomic E-state index is 9.12. The lowest BCUT2D eigenvalue weighted by Gasteiger charge is -2.49. The summed E-state index contributed by atoms with van der Waals surface area (Å²) in [5, 5.41) is 9.12. The highest BCUT2D eigenvalue weighted by Crippen LogP contribution is 2.46. The lowest BCUT2D eigenvalue weighted by atomic mass is 9.68. The van der Waals surface area contributed by atoms with E-state index in [-0.39, 0.29) is 18.1 Å². The third-order valence-electron chi connectivity index (χ3n) is 3.84. The number of ether oxygens (including phenoxy) is 1. The minimum absolute atomic E-state index is 0.0793. The van der Waals surface area contributed by atoms with Gasteiger partial charge in [-0.25, -0.2) is 0 Å². The van der Waals surface area contributed by atoms with Crippen LogP contribution < -0.4 is 5.73 Å². The van der Waals surface area contributed by atoms with E-state index in [1.807, 2.05) is 0 Å². The number of hydrogen-bond acceptors (Lipinski definition) is 3. The quantitative estimate of drug-likeness (QED) is 0.673. The van der Waals surface area contributed by atoms with Crippen molar-refractivity contribution in [2.75, 3.05) is 19.8 Å². The van der Waals surface area contributed by atoms with Gasteiger partial charge in [0.1, 0.15) is 0 Å². The zero-order valence-corrected chi connectivity index (χ0v) is 8.04. The molecule has 0 bridgehead atoms. The molecule has 0 aromatic rings. The molecule has 0 radical (unpaired) electrons. The average molecular weight is 185 g/mol. The van der Waals surface area contributed by atoms with E-state index in [9.17, 15) is 0 Å². The molecule has 1 saturated heterocycles. The Hall–Kier alpha value is -0.120. The first-order valence-corrected chi connectivity index (χ1v) is 5.24. The van der Waals surface area contributed by atoms with Crippen LogP contribution in [-0.2, 0) is 4.74 Å². The maximum atomic E-state index is 9.12. The van der Waals surface area contributed by atoms with Gasteiger partial charge in [0, 0.05) is 11.5 Å². The van der Waals surface area contributed by atoms with Crippen molar-refractivity contribution >= 4 is 0 Å². The van der Waals surface area contributed by atoms with E-state index >= 15 is 0 Å². The fourth-order valence-corrected chi connectivity index (χ4v) is 2.77. The van der Waals surface area contributed by atoms with Crippen molar-refractivity contribution in [3.8, 4) is 0 Å².